The topological polar surface area (TPSA) is 55.3 Å². The molecule has 0 unspecified atom stereocenters. The zero-order chi connectivity index (χ0) is 8.55. The SMILES string of the molecule is Cc1nc2sccn2c1CNN. The summed E-state index contributed by atoms with van der Waals surface area (Å²) in [5.74, 6) is 5.26. The lowest BCUT2D eigenvalue weighted by atomic mass is 10.3. The molecule has 3 N–H and O–H groups in total. The second-order valence-electron chi connectivity index (χ2n) is 2.58. The fraction of sp³-hybridized carbons (Fsp3) is 0.286. The first-order chi connectivity index (χ1) is 5.83. The van der Waals surface area contributed by atoms with E-state index in [0.29, 0.717) is 6.54 Å². The lowest BCUT2D eigenvalue weighted by molar-refractivity contribution is 0.713. The fourth-order valence-corrected chi connectivity index (χ4v) is 2.03. The van der Waals surface area contributed by atoms with E-state index in [1.165, 1.54) is 0 Å². The van der Waals surface area contributed by atoms with Gasteiger partial charge in [-0.1, -0.05) is 0 Å². The largest absolute Gasteiger partial charge is 0.293 e. The minimum absolute atomic E-state index is 0.656. The molecular formula is C7H10N4S. The summed E-state index contributed by atoms with van der Waals surface area (Å²) < 4.78 is 2.06. The van der Waals surface area contributed by atoms with E-state index in [4.69, 9.17) is 5.84 Å². The van der Waals surface area contributed by atoms with Gasteiger partial charge in [0.2, 0.25) is 0 Å². The van der Waals surface area contributed by atoms with E-state index >= 15 is 0 Å². The number of fused-ring (bicyclic) bond motifs is 1. The van der Waals surface area contributed by atoms with Gasteiger partial charge in [-0.15, -0.1) is 11.3 Å². The molecule has 0 aliphatic carbocycles. The van der Waals surface area contributed by atoms with Crippen molar-refractivity contribution in [3.63, 3.8) is 0 Å². The first kappa shape index (κ1) is 7.72. The molecular weight excluding hydrogens is 172 g/mol. The Morgan fingerprint density at radius 2 is 2.58 bits per heavy atom. The molecule has 2 rings (SSSR count). The number of hydrogen-bond acceptors (Lipinski definition) is 4. The minimum Gasteiger partial charge on any atom is -0.293 e. The van der Waals surface area contributed by atoms with Gasteiger partial charge in [0, 0.05) is 11.6 Å². The quantitative estimate of drug-likeness (QED) is 0.530. The summed E-state index contributed by atoms with van der Waals surface area (Å²) in [6.45, 7) is 2.65. The molecule has 0 radical (unpaired) electrons. The van der Waals surface area contributed by atoms with Crippen LogP contribution in [0.5, 0.6) is 0 Å². The molecule has 5 heteroatoms. The molecule has 12 heavy (non-hydrogen) atoms. The Kier molecular flexibility index (Phi) is 1.84. The van der Waals surface area contributed by atoms with Crippen LogP contribution in [-0.4, -0.2) is 9.38 Å². The van der Waals surface area contributed by atoms with E-state index in [1.54, 1.807) is 11.3 Å². The van der Waals surface area contributed by atoms with Gasteiger partial charge in [-0.05, 0) is 6.92 Å². The van der Waals surface area contributed by atoms with Gasteiger partial charge in [0.1, 0.15) is 0 Å². The maximum Gasteiger partial charge on any atom is 0.194 e. The number of aryl methyl sites for hydroxylation is 1. The van der Waals surface area contributed by atoms with E-state index in [2.05, 4.69) is 14.8 Å². The predicted molar refractivity (Wildman–Crippen MR) is 48.8 cm³/mol. The molecule has 0 bridgehead atoms. The van der Waals surface area contributed by atoms with Crippen LogP contribution in [0.1, 0.15) is 11.4 Å². The molecule has 0 atom stereocenters. The highest BCUT2D eigenvalue weighted by Crippen LogP contribution is 2.15. The number of nitrogens with zero attached hydrogens (tertiary/aromatic N) is 2. The van der Waals surface area contributed by atoms with Crippen molar-refractivity contribution in [1.29, 1.82) is 0 Å². The molecule has 64 valence electrons. The van der Waals surface area contributed by atoms with Gasteiger partial charge in [-0.2, -0.15) is 0 Å². The number of rotatable bonds is 2. The van der Waals surface area contributed by atoms with E-state index in [1.807, 2.05) is 18.5 Å². The van der Waals surface area contributed by atoms with Gasteiger partial charge in [0.25, 0.3) is 0 Å². The van der Waals surface area contributed by atoms with Crippen LogP contribution < -0.4 is 11.3 Å². The maximum atomic E-state index is 5.26. The summed E-state index contributed by atoms with van der Waals surface area (Å²) in [6, 6.07) is 0. The van der Waals surface area contributed by atoms with Crippen molar-refractivity contribution in [1.82, 2.24) is 14.8 Å². The number of thiazole rings is 1. The summed E-state index contributed by atoms with van der Waals surface area (Å²) in [6.07, 6.45) is 2.01. The summed E-state index contributed by atoms with van der Waals surface area (Å²) in [5, 5.41) is 2.02. The average Bonchev–Trinajstić information content (AvgIpc) is 2.56. The van der Waals surface area contributed by atoms with Crippen molar-refractivity contribution in [3.05, 3.63) is 23.0 Å². The zero-order valence-electron chi connectivity index (χ0n) is 6.74. The number of aromatic nitrogens is 2. The van der Waals surface area contributed by atoms with Gasteiger partial charge in [0.05, 0.1) is 17.9 Å². The normalized spacial score (nSPS) is 11.2. The third-order valence-corrected chi connectivity index (χ3v) is 2.59. The predicted octanol–water partition coefficient (Wildman–Crippen LogP) is 0.668. The number of nitrogens with one attached hydrogen (secondary N) is 1. The lowest BCUT2D eigenvalue weighted by Gasteiger charge is -1.97. The van der Waals surface area contributed by atoms with Crippen LogP contribution in [0.15, 0.2) is 11.6 Å². The molecule has 0 saturated carbocycles. The Labute approximate surface area is 74.0 Å². The van der Waals surface area contributed by atoms with E-state index < -0.39 is 0 Å². The number of hydrogen-bond donors (Lipinski definition) is 2. The lowest BCUT2D eigenvalue weighted by Crippen LogP contribution is -2.22. The average molecular weight is 182 g/mol. The number of imidazole rings is 1. The summed E-state index contributed by atoms with van der Waals surface area (Å²) in [4.78, 5) is 5.40. The van der Waals surface area contributed by atoms with Crippen LogP contribution in [0, 0.1) is 6.92 Å². The van der Waals surface area contributed by atoms with Crippen LogP contribution >= 0.6 is 11.3 Å². The Bertz CT molecular complexity index is 389. The Hall–Kier alpha value is -0.910. The summed E-state index contributed by atoms with van der Waals surface area (Å²) >= 11 is 1.63. The molecule has 0 fully saturated rings. The van der Waals surface area contributed by atoms with E-state index in [9.17, 15) is 0 Å². The third kappa shape index (κ3) is 1.03. The first-order valence-electron chi connectivity index (χ1n) is 3.67. The van der Waals surface area contributed by atoms with Crippen molar-refractivity contribution in [2.24, 2.45) is 5.84 Å². The van der Waals surface area contributed by atoms with Gasteiger partial charge >= 0.3 is 0 Å². The van der Waals surface area contributed by atoms with Gasteiger partial charge in [0.15, 0.2) is 4.96 Å². The van der Waals surface area contributed by atoms with Crippen molar-refractivity contribution in [2.45, 2.75) is 13.5 Å². The molecule has 0 spiro atoms. The van der Waals surface area contributed by atoms with E-state index in [-0.39, 0.29) is 0 Å². The Morgan fingerprint density at radius 3 is 3.33 bits per heavy atom. The molecule has 2 aromatic rings. The molecule has 0 aliphatic rings. The second kappa shape index (κ2) is 2.85. The van der Waals surface area contributed by atoms with Crippen LogP contribution in [0.3, 0.4) is 0 Å². The molecule has 2 aromatic heterocycles. The van der Waals surface area contributed by atoms with Gasteiger partial charge < -0.3 is 0 Å². The van der Waals surface area contributed by atoms with Crippen molar-refractivity contribution in [2.75, 3.05) is 0 Å². The summed E-state index contributed by atoms with van der Waals surface area (Å²) in [5.41, 5.74) is 4.81. The molecule has 2 heterocycles. The highest BCUT2D eigenvalue weighted by molar-refractivity contribution is 7.15. The molecule has 0 saturated heterocycles. The number of hydrazine groups is 1. The van der Waals surface area contributed by atoms with Crippen LogP contribution in [0.4, 0.5) is 0 Å². The third-order valence-electron chi connectivity index (χ3n) is 1.83. The van der Waals surface area contributed by atoms with Crippen LogP contribution in [0.25, 0.3) is 4.96 Å². The smallest absolute Gasteiger partial charge is 0.194 e. The highest BCUT2D eigenvalue weighted by atomic mass is 32.1. The van der Waals surface area contributed by atoms with Crippen LogP contribution in [0.2, 0.25) is 0 Å². The first-order valence-corrected chi connectivity index (χ1v) is 4.55. The van der Waals surface area contributed by atoms with Crippen molar-refractivity contribution < 1.29 is 0 Å². The number of nitrogens with two attached hydrogens (primary N) is 1. The van der Waals surface area contributed by atoms with E-state index in [0.717, 1.165) is 16.3 Å². The summed E-state index contributed by atoms with van der Waals surface area (Å²) in [7, 11) is 0. The molecule has 0 amide bonds. The van der Waals surface area contributed by atoms with Crippen molar-refractivity contribution >= 4 is 16.3 Å². The highest BCUT2D eigenvalue weighted by Gasteiger charge is 2.07. The Morgan fingerprint density at radius 1 is 1.75 bits per heavy atom. The standard InChI is InChI=1S/C7H10N4S/c1-5-6(4-9-8)11-2-3-12-7(11)10-5/h2-3,9H,4,8H2,1H3. The van der Waals surface area contributed by atoms with Crippen molar-refractivity contribution in [3.8, 4) is 0 Å². The Balaban J connectivity index is 2.59. The fourth-order valence-electron chi connectivity index (χ4n) is 1.25. The van der Waals surface area contributed by atoms with Gasteiger partial charge in [-0.25, -0.2) is 4.98 Å². The second-order valence-corrected chi connectivity index (χ2v) is 3.45. The molecule has 4 nitrogen and oxygen atoms in total. The maximum absolute atomic E-state index is 5.26. The van der Waals surface area contributed by atoms with Gasteiger partial charge in [-0.3, -0.25) is 15.7 Å². The minimum atomic E-state index is 0.656. The monoisotopic (exact) mass is 182 g/mol. The molecule has 0 aliphatic heterocycles. The van der Waals surface area contributed by atoms with Crippen LogP contribution in [-0.2, 0) is 6.54 Å². The zero-order valence-corrected chi connectivity index (χ0v) is 7.56. The molecule has 0 aromatic carbocycles.